The van der Waals surface area contributed by atoms with E-state index in [1.54, 1.807) is 0 Å². The van der Waals surface area contributed by atoms with Crippen molar-refractivity contribution in [2.24, 2.45) is 0 Å². The number of hydrogen-bond donors (Lipinski definition) is 2. The van der Waals surface area contributed by atoms with Gasteiger partial charge >= 0.3 is 0 Å². The van der Waals surface area contributed by atoms with Gasteiger partial charge in [-0.1, -0.05) is 0 Å². The van der Waals surface area contributed by atoms with E-state index in [0.717, 1.165) is 44.4 Å². The molecule has 1 aromatic rings. The van der Waals surface area contributed by atoms with Crippen LogP contribution in [-0.2, 0) is 4.74 Å². The maximum atomic E-state index is 5.69. The molecule has 0 aromatic carbocycles. The topological polar surface area (TPSA) is 54.5 Å². The molecule has 15 heavy (non-hydrogen) atoms. The summed E-state index contributed by atoms with van der Waals surface area (Å²) in [5.74, 6) is 2.05. The third kappa shape index (κ3) is 2.40. The van der Waals surface area contributed by atoms with Crippen molar-refractivity contribution >= 4 is 0 Å². The quantitative estimate of drug-likeness (QED) is 0.660. The second kappa shape index (κ2) is 4.79. The highest BCUT2D eigenvalue weighted by atomic mass is 16.5. The molecule has 0 radical (unpaired) electrons. The fraction of sp³-hybridized carbons (Fsp3) is 0.636. The van der Waals surface area contributed by atoms with Crippen LogP contribution in [0.3, 0.4) is 0 Å². The minimum atomic E-state index is 0.391. The van der Waals surface area contributed by atoms with Crippen LogP contribution in [0.2, 0.25) is 0 Å². The van der Waals surface area contributed by atoms with Gasteiger partial charge in [-0.3, -0.25) is 0 Å². The predicted octanol–water partition coefficient (Wildman–Crippen LogP) is -1.21. The van der Waals surface area contributed by atoms with Crippen molar-refractivity contribution in [3.8, 4) is 0 Å². The van der Waals surface area contributed by atoms with E-state index in [0.29, 0.717) is 6.04 Å². The van der Waals surface area contributed by atoms with Gasteiger partial charge < -0.3 is 19.8 Å². The zero-order valence-corrected chi connectivity index (χ0v) is 9.29. The summed E-state index contributed by atoms with van der Waals surface area (Å²) >= 11 is 0. The third-order valence-electron chi connectivity index (χ3n) is 3.02. The number of nitrogens with one attached hydrogen (secondary N) is 1. The standard InChI is InChI=1S/C11H18N2O2/c1-9-2-3-11(15-9)10(8-12)13-4-6-14-7-5-13/h2-3,10H,4-8,12H2,1H3/p+2/t10-/m0/s1. The summed E-state index contributed by atoms with van der Waals surface area (Å²) in [7, 11) is 0. The van der Waals surface area contributed by atoms with Crippen molar-refractivity contribution in [1.29, 1.82) is 0 Å². The molecule has 0 saturated carbocycles. The summed E-state index contributed by atoms with van der Waals surface area (Å²) < 4.78 is 11.1. The SMILES string of the molecule is Cc1ccc([C@H](C[NH3+])[NH+]2CCOCC2)o1. The average Bonchev–Trinajstić information content (AvgIpc) is 2.68. The van der Waals surface area contributed by atoms with Crippen LogP contribution in [0.1, 0.15) is 17.6 Å². The molecule has 0 amide bonds. The van der Waals surface area contributed by atoms with Gasteiger partial charge in [-0.2, -0.15) is 0 Å². The molecule has 1 aromatic heterocycles. The molecule has 1 atom stereocenters. The molecule has 2 heterocycles. The van der Waals surface area contributed by atoms with Gasteiger partial charge in [0.25, 0.3) is 0 Å². The Balaban J connectivity index is 2.08. The molecular formula is C11H20N2O2+2. The molecule has 0 unspecified atom stereocenters. The van der Waals surface area contributed by atoms with E-state index >= 15 is 0 Å². The molecule has 0 aliphatic carbocycles. The third-order valence-corrected chi connectivity index (χ3v) is 3.02. The number of aryl methyl sites for hydroxylation is 1. The van der Waals surface area contributed by atoms with Gasteiger partial charge in [0.15, 0.2) is 11.8 Å². The number of quaternary nitrogens is 2. The van der Waals surface area contributed by atoms with Crippen LogP contribution in [-0.4, -0.2) is 32.8 Å². The fourth-order valence-corrected chi connectivity index (χ4v) is 2.17. The molecule has 4 heteroatoms. The summed E-state index contributed by atoms with van der Waals surface area (Å²) in [6.45, 7) is 6.68. The van der Waals surface area contributed by atoms with Gasteiger partial charge in [0.05, 0.1) is 13.2 Å². The Hall–Kier alpha value is -0.840. The maximum absolute atomic E-state index is 5.69. The van der Waals surface area contributed by atoms with Crippen LogP contribution >= 0.6 is 0 Å². The number of morpholine rings is 1. The zero-order valence-electron chi connectivity index (χ0n) is 9.29. The molecule has 0 spiro atoms. The molecule has 4 nitrogen and oxygen atoms in total. The molecule has 1 fully saturated rings. The lowest BCUT2D eigenvalue weighted by molar-refractivity contribution is -0.945. The Morgan fingerprint density at radius 3 is 2.67 bits per heavy atom. The average molecular weight is 212 g/mol. The first-order valence-electron chi connectivity index (χ1n) is 5.59. The number of furan rings is 1. The highest BCUT2D eigenvalue weighted by molar-refractivity contribution is 5.07. The van der Waals surface area contributed by atoms with E-state index < -0.39 is 0 Å². The smallest absolute Gasteiger partial charge is 0.195 e. The van der Waals surface area contributed by atoms with Crippen molar-refractivity contribution in [2.75, 3.05) is 32.8 Å². The van der Waals surface area contributed by atoms with E-state index in [4.69, 9.17) is 9.15 Å². The first kappa shape index (κ1) is 10.7. The molecular weight excluding hydrogens is 192 g/mol. The Kier molecular flexibility index (Phi) is 3.41. The van der Waals surface area contributed by atoms with Gasteiger partial charge in [0.2, 0.25) is 0 Å². The van der Waals surface area contributed by atoms with Crippen molar-refractivity contribution in [1.82, 2.24) is 0 Å². The first-order valence-corrected chi connectivity index (χ1v) is 5.59. The maximum Gasteiger partial charge on any atom is 0.195 e. The second-order valence-electron chi connectivity index (χ2n) is 4.06. The van der Waals surface area contributed by atoms with Gasteiger partial charge in [-0.25, -0.2) is 0 Å². The van der Waals surface area contributed by atoms with Gasteiger partial charge in [-0.05, 0) is 19.1 Å². The van der Waals surface area contributed by atoms with Crippen molar-refractivity contribution in [2.45, 2.75) is 13.0 Å². The highest BCUT2D eigenvalue weighted by Gasteiger charge is 2.28. The summed E-state index contributed by atoms with van der Waals surface area (Å²) in [5.41, 5.74) is 4.03. The summed E-state index contributed by atoms with van der Waals surface area (Å²) in [6, 6.07) is 4.49. The van der Waals surface area contributed by atoms with Crippen LogP contribution in [0, 0.1) is 6.92 Å². The van der Waals surface area contributed by atoms with Crippen LogP contribution < -0.4 is 10.6 Å². The predicted molar refractivity (Wildman–Crippen MR) is 55.5 cm³/mol. The number of rotatable bonds is 3. The molecule has 1 saturated heterocycles. The van der Waals surface area contributed by atoms with Gasteiger partial charge in [-0.15, -0.1) is 0 Å². The normalized spacial score (nSPS) is 20.4. The van der Waals surface area contributed by atoms with E-state index in [2.05, 4.69) is 11.8 Å². The lowest BCUT2D eigenvalue weighted by Gasteiger charge is -2.28. The van der Waals surface area contributed by atoms with Crippen LogP contribution in [0.4, 0.5) is 0 Å². The van der Waals surface area contributed by atoms with Crippen molar-refractivity contribution in [3.05, 3.63) is 23.7 Å². The molecule has 0 bridgehead atoms. The largest absolute Gasteiger partial charge is 0.460 e. The van der Waals surface area contributed by atoms with Crippen LogP contribution in [0.15, 0.2) is 16.5 Å². The summed E-state index contributed by atoms with van der Waals surface area (Å²) in [5, 5.41) is 0. The lowest BCUT2D eigenvalue weighted by Crippen LogP contribution is -3.15. The molecule has 1 aliphatic rings. The number of hydrogen-bond acceptors (Lipinski definition) is 2. The van der Waals surface area contributed by atoms with E-state index in [1.807, 2.05) is 13.0 Å². The highest BCUT2D eigenvalue weighted by Crippen LogP contribution is 2.12. The molecule has 2 rings (SSSR count). The van der Waals surface area contributed by atoms with Crippen LogP contribution in [0.25, 0.3) is 0 Å². The Bertz CT molecular complexity index is 305. The molecule has 1 aliphatic heterocycles. The minimum Gasteiger partial charge on any atom is -0.460 e. The zero-order chi connectivity index (χ0) is 10.7. The van der Waals surface area contributed by atoms with E-state index in [-0.39, 0.29) is 0 Å². The Morgan fingerprint density at radius 1 is 1.40 bits per heavy atom. The molecule has 84 valence electrons. The lowest BCUT2D eigenvalue weighted by atomic mass is 10.2. The first-order chi connectivity index (χ1) is 7.31. The summed E-state index contributed by atoms with van der Waals surface area (Å²) in [6.07, 6.45) is 0. The van der Waals surface area contributed by atoms with E-state index in [1.165, 1.54) is 4.90 Å². The monoisotopic (exact) mass is 212 g/mol. The van der Waals surface area contributed by atoms with Gasteiger partial charge in [0, 0.05) is 0 Å². The molecule has 4 N–H and O–H groups in total. The van der Waals surface area contributed by atoms with E-state index in [9.17, 15) is 0 Å². The van der Waals surface area contributed by atoms with Gasteiger partial charge in [0.1, 0.15) is 25.4 Å². The fourth-order valence-electron chi connectivity index (χ4n) is 2.17. The van der Waals surface area contributed by atoms with Crippen molar-refractivity contribution in [3.63, 3.8) is 0 Å². The Morgan fingerprint density at radius 2 is 2.13 bits per heavy atom. The van der Waals surface area contributed by atoms with Crippen LogP contribution in [0.5, 0.6) is 0 Å². The number of ether oxygens (including phenoxy) is 1. The second-order valence-corrected chi connectivity index (χ2v) is 4.06. The minimum absolute atomic E-state index is 0.391. The van der Waals surface area contributed by atoms with Crippen molar-refractivity contribution < 1.29 is 19.8 Å². The summed E-state index contributed by atoms with van der Waals surface area (Å²) in [4.78, 5) is 1.53. The Labute approximate surface area is 90.0 Å².